The number of primary amides is 2. The van der Waals surface area contributed by atoms with E-state index in [0.29, 0.717) is 53.1 Å². The molecule has 3 heterocycles. The third-order valence-corrected chi connectivity index (χ3v) is 5.79. The van der Waals surface area contributed by atoms with Crippen molar-refractivity contribution in [1.29, 1.82) is 0 Å². The summed E-state index contributed by atoms with van der Waals surface area (Å²) in [5, 5.41) is 0. The van der Waals surface area contributed by atoms with Gasteiger partial charge in [0, 0.05) is 30.6 Å². The molecule has 0 bridgehead atoms. The maximum Gasteiger partial charge on any atom is 0.248 e. The van der Waals surface area contributed by atoms with E-state index in [2.05, 4.69) is 9.97 Å². The van der Waals surface area contributed by atoms with Gasteiger partial charge in [-0.3, -0.25) is 9.59 Å². The largest absolute Gasteiger partial charge is 0.491 e. The van der Waals surface area contributed by atoms with Gasteiger partial charge in [-0.25, -0.2) is 9.97 Å². The highest BCUT2D eigenvalue weighted by atomic mass is 16.5. The lowest BCUT2D eigenvalue weighted by Gasteiger charge is -2.13. The van der Waals surface area contributed by atoms with Crippen molar-refractivity contribution in [3.05, 3.63) is 47.5 Å². The van der Waals surface area contributed by atoms with Crippen molar-refractivity contribution < 1.29 is 19.1 Å². The van der Waals surface area contributed by atoms with Crippen molar-refractivity contribution in [3.8, 4) is 11.5 Å². The zero-order valence-electron chi connectivity index (χ0n) is 18.7. The van der Waals surface area contributed by atoms with Crippen LogP contribution >= 0.6 is 0 Å². The summed E-state index contributed by atoms with van der Waals surface area (Å²) in [7, 11) is 0. The fraction of sp³-hybridized carbons (Fsp3) is 0.217. The molecule has 35 heavy (non-hydrogen) atoms. The van der Waals surface area contributed by atoms with Gasteiger partial charge in [0.15, 0.2) is 0 Å². The van der Waals surface area contributed by atoms with Crippen LogP contribution in [0.15, 0.2) is 36.4 Å². The molecule has 0 spiro atoms. The lowest BCUT2D eigenvalue weighted by Crippen LogP contribution is -2.13. The van der Waals surface area contributed by atoms with Crippen molar-refractivity contribution in [1.82, 2.24) is 19.1 Å². The zero-order chi connectivity index (χ0) is 24.7. The van der Waals surface area contributed by atoms with Crippen LogP contribution in [0, 0.1) is 0 Å². The minimum absolute atomic E-state index is 0.273. The monoisotopic (exact) mass is 476 g/mol. The lowest BCUT2D eigenvalue weighted by molar-refractivity contribution is 0.0991. The molecule has 5 rings (SSSR count). The molecule has 2 amide bonds. The highest BCUT2D eigenvalue weighted by Crippen LogP contribution is 2.32. The van der Waals surface area contributed by atoms with E-state index in [1.54, 1.807) is 33.4 Å². The number of anilines is 2. The van der Waals surface area contributed by atoms with Crippen LogP contribution in [0.2, 0.25) is 0 Å². The van der Waals surface area contributed by atoms with Crippen molar-refractivity contribution in [3.63, 3.8) is 0 Å². The van der Waals surface area contributed by atoms with Crippen molar-refractivity contribution in [2.75, 3.05) is 24.7 Å². The van der Waals surface area contributed by atoms with E-state index in [0.717, 1.165) is 0 Å². The Morgan fingerprint density at radius 2 is 1.17 bits per heavy atom. The summed E-state index contributed by atoms with van der Waals surface area (Å²) in [4.78, 5) is 32.4. The van der Waals surface area contributed by atoms with Gasteiger partial charge in [0.2, 0.25) is 23.7 Å². The lowest BCUT2D eigenvalue weighted by atomic mass is 10.1. The van der Waals surface area contributed by atoms with Crippen LogP contribution < -0.4 is 32.4 Å². The Bertz CT molecular complexity index is 1410. The molecule has 2 aromatic heterocycles. The maximum absolute atomic E-state index is 11.8. The number of nitrogens with zero attached hydrogens (tertiary/aromatic N) is 4. The first-order valence-electron chi connectivity index (χ1n) is 10.9. The molecule has 12 nitrogen and oxygen atoms in total. The summed E-state index contributed by atoms with van der Waals surface area (Å²) in [6, 6.07) is 6.36. The minimum atomic E-state index is -0.592. The normalized spacial score (nSPS) is 15.1. The second-order valence-electron chi connectivity index (χ2n) is 8.10. The van der Waals surface area contributed by atoms with Crippen LogP contribution in [0.1, 0.15) is 27.1 Å². The Labute approximate surface area is 199 Å². The first-order valence-corrected chi connectivity index (χ1v) is 10.9. The van der Waals surface area contributed by atoms with Gasteiger partial charge in [-0.15, -0.1) is 0 Å². The number of hydrogen-bond acceptors (Lipinski definition) is 8. The summed E-state index contributed by atoms with van der Waals surface area (Å²) >= 11 is 0. The highest BCUT2D eigenvalue weighted by molar-refractivity contribution is 5.99. The Morgan fingerprint density at radius 3 is 1.57 bits per heavy atom. The molecule has 0 radical (unpaired) electrons. The van der Waals surface area contributed by atoms with E-state index in [9.17, 15) is 9.59 Å². The smallest absolute Gasteiger partial charge is 0.248 e. The van der Waals surface area contributed by atoms with Crippen LogP contribution in [-0.2, 0) is 13.1 Å². The summed E-state index contributed by atoms with van der Waals surface area (Å²) < 4.78 is 15.6. The number of allylic oxidation sites excluding steroid dienone is 2. The quantitative estimate of drug-likeness (QED) is 0.310. The molecule has 0 fully saturated rings. The third kappa shape index (κ3) is 3.94. The molecule has 0 unspecified atom stereocenters. The molecule has 0 saturated heterocycles. The van der Waals surface area contributed by atoms with E-state index in [4.69, 9.17) is 32.4 Å². The molecule has 180 valence electrons. The van der Waals surface area contributed by atoms with Gasteiger partial charge in [-0.05, 0) is 24.3 Å². The van der Waals surface area contributed by atoms with Crippen LogP contribution in [0.4, 0.5) is 11.9 Å². The fourth-order valence-electron chi connectivity index (χ4n) is 4.15. The third-order valence-electron chi connectivity index (χ3n) is 5.79. The van der Waals surface area contributed by atoms with E-state index in [-0.39, 0.29) is 36.2 Å². The predicted molar refractivity (Wildman–Crippen MR) is 130 cm³/mol. The number of hydrogen-bond donors (Lipinski definition) is 4. The van der Waals surface area contributed by atoms with Crippen molar-refractivity contribution in [2.45, 2.75) is 19.5 Å². The standard InChI is InChI=1S/C23H24N8O4/c24-20(32)12-8-14-18-16(10-12)34-6-3-7-35-17-11-13(21(25)33)9-15-19(17)31(23(27)29-15)5-2-1-4-30(18)22(26)28-14/h1-2,8-11H,3-7H2,(H2,24,32)(H2,25,33)(H2,26,28)(H2,27,29)/b2-1+. The second-order valence-corrected chi connectivity index (χ2v) is 8.10. The number of ether oxygens (including phenoxy) is 2. The van der Waals surface area contributed by atoms with Gasteiger partial charge in [0.1, 0.15) is 22.5 Å². The molecular formula is C23H24N8O4. The Hall–Kier alpha value is -4.74. The summed E-state index contributed by atoms with van der Waals surface area (Å²) in [5.41, 5.74) is 26.2. The van der Waals surface area contributed by atoms with Gasteiger partial charge in [-0.1, -0.05) is 12.2 Å². The number of rotatable bonds is 2. The van der Waals surface area contributed by atoms with Gasteiger partial charge in [-0.2, -0.15) is 0 Å². The molecule has 2 aromatic carbocycles. The first kappa shape index (κ1) is 22.1. The van der Waals surface area contributed by atoms with E-state index in [1.165, 1.54) is 0 Å². The number of aromatic nitrogens is 4. The molecule has 0 aliphatic carbocycles. The average molecular weight is 476 g/mol. The fourth-order valence-corrected chi connectivity index (χ4v) is 4.15. The number of imidazole rings is 2. The van der Waals surface area contributed by atoms with E-state index in [1.807, 2.05) is 12.2 Å². The molecular weight excluding hydrogens is 452 g/mol. The van der Waals surface area contributed by atoms with Crippen molar-refractivity contribution in [2.24, 2.45) is 11.5 Å². The number of nitrogens with two attached hydrogens (primary N) is 4. The van der Waals surface area contributed by atoms with Crippen LogP contribution in [0.5, 0.6) is 11.5 Å². The predicted octanol–water partition coefficient (Wildman–Crippen LogP) is 1.17. The van der Waals surface area contributed by atoms with Crippen LogP contribution in [0.3, 0.4) is 0 Å². The van der Waals surface area contributed by atoms with Crippen molar-refractivity contribution >= 4 is 45.8 Å². The Kier molecular flexibility index (Phi) is 5.40. The number of amides is 2. The van der Waals surface area contributed by atoms with E-state index < -0.39 is 11.8 Å². The average Bonchev–Trinajstić information content (AvgIpc) is 3.30. The van der Waals surface area contributed by atoms with E-state index >= 15 is 0 Å². The zero-order valence-corrected chi connectivity index (χ0v) is 18.7. The second kappa shape index (κ2) is 8.56. The number of nitrogen functional groups attached to an aromatic ring is 2. The molecule has 12 heteroatoms. The molecule has 1 aliphatic rings. The van der Waals surface area contributed by atoms with Gasteiger partial charge >= 0.3 is 0 Å². The summed E-state index contributed by atoms with van der Waals surface area (Å²) in [5.74, 6) is 0.259. The van der Waals surface area contributed by atoms with Crippen LogP contribution in [-0.4, -0.2) is 44.1 Å². The summed E-state index contributed by atoms with van der Waals surface area (Å²) in [6.07, 6.45) is 4.31. The molecule has 0 atom stereocenters. The highest BCUT2D eigenvalue weighted by Gasteiger charge is 2.19. The SMILES string of the molecule is NC(=O)c1cc2c3c(c1)nc(N)n3C/C=C/Cn1c(N)nc3cc(C(N)=O)cc(c31)OCCCO2. The molecule has 0 saturated carbocycles. The summed E-state index contributed by atoms with van der Waals surface area (Å²) in [6.45, 7) is 1.35. The van der Waals surface area contributed by atoms with Gasteiger partial charge < -0.3 is 41.5 Å². The maximum atomic E-state index is 11.8. The first-order chi connectivity index (χ1) is 16.8. The molecule has 4 aromatic rings. The van der Waals surface area contributed by atoms with Gasteiger partial charge in [0.05, 0.1) is 24.2 Å². The number of carbonyl (C=O) groups is 2. The molecule has 8 N–H and O–H groups in total. The number of carbonyl (C=O) groups excluding carboxylic acids is 2. The Morgan fingerprint density at radius 1 is 0.743 bits per heavy atom. The van der Waals surface area contributed by atoms with Crippen LogP contribution in [0.25, 0.3) is 22.1 Å². The molecule has 1 aliphatic heterocycles. The van der Waals surface area contributed by atoms with Gasteiger partial charge in [0.25, 0.3) is 0 Å². The Balaban J connectivity index is 1.58. The minimum Gasteiger partial charge on any atom is -0.491 e. The number of benzene rings is 2. The topological polar surface area (TPSA) is 192 Å².